The van der Waals surface area contributed by atoms with Gasteiger partial charge in [0.15, 0.2) is 0 Å². The molecule has 3 nitrogen and oxygen atoms in total. The van der Waals surface area contributed by atoms with E-state index in [4.69, 9.17) is 9.47 Å². The average Bonchev–Trinajstić information content (AvgIpc) is 2.77. The van der Waals surface area contributed by atoms with Gasteiger partial charge < -0.3 is 14.6 Å². The van der Waals surface area contributed by atoms with Crippen molar-refractivity contribution < 1.29 is 14.6 Å². The third-order valence-corrected chi connectivity index (χ3v) is 4.76. The van der Waals surface area contributed by atoms with E-state index in [0.717, 1.165) is 39.3 Å². The molecule has 3 rings (SSSR count). The highest BCUT2D eigenvalue weighted by Crippen LogP contribution is 2.50. The Hall–Kier alpha value is -2.00. The van der Waals surface area contributed by atoms with Crippen LogP contribution in [0.4, 0.5) is 0 Å². The topological polar surface area (TPSA) is 38.7 Å². The number of ether oxygens (including phenoxy) is 2. The average molecular weight is 312 g/mol. The lowest BCUT2D eigenvalue weighted by Gasteiger charge is -2.22. The molecule has 0 radical (unpaired) electrons. The standard InChI is InChI=1S/C20H24O3/c1-12-13(2)18-16(19(21)20(4,5)23-18)14(3)17(12)22-11-15-9-7-6-8-10-15/h6-10,19,21H,11H2,1-5H3. The molecule has 2 aromatic carbocycles. The fourth-order valence-electron chi connectivity index (χ4n) is 3.19. The zero-order chi connectivity index (χ0) is 16.8. The summed E-state index contributed by atoms with van der Waals surface area (Å²) < 4.78 is 12.1. The molecule has 1 heterocycles. The molecule has 0 saturated carbocycles. The second-order valence-corrected chi connectivity index (χ2v) is 6.83. The minimum absolute atomic E-state index is 0.515. The van der Waals surface area contributed by atoms with Crippen LogP contribution in [0.1, 0.15) is 47.8 Å². The summed E-state index contributed by atoms with van der Waals surface area (Å²) >= 11 is 0. The lowest BCUT2D eigenvalue weighted by molar-refractivity contribution is 0.000111. The van der Waals surface area contributed by atoms with Crippen LogP contribution < -0.4 is 9.47 Å². The summed E-state index contributed by atoms with van der Waals surface area (Å²) in [4.78, 5) is 0. The molecule has 3 heteroatoms. The van der Waals surface area contributed by atoms with Gasteiger partial charge in [0.2, 0.25) is 0 Å². The van der Waals surface area contributed by atoms with Gasteiger partial charge in [-0.1, -0.05) is 30.3 Å². The maximum Gasteiger partial charge on any atom is 0.133 e. The summed E-state index contributed by atoms with van der Waals surface area (Å²) in [5.41, 5.74) is 4.46. The predicted molar refractivity (Wildman–Crippen MR) is 91.1 cm³/mol. The third-order valence-electron chi connectivity index (χ3n) is 4.76. The van der Waals surface area contributed by atoms with Crippen molar-refractivity contribution in [3.63, 3.8) is 0 Å². The number of aliphatic hydroxyl groups excluding tert-OH is 1. The van der Waals surface area contributed by atoms with Gasteiger partial charge in [-0.15, -0.1) is 0 Å². The van der Waals surface area contributed by atoms with Gasteiger partial charge in [0.25, 0.3) is 0 Å². The first-order valence-corrected chi connectivity index (χ1v) is 8.00. The highest BCUT2D eigenvalue weighted by molar-refractivity contribution is 5.61. The van der Waals surface area contributed by atoms with E-state index in [0.29, 0.717) is 6.61 Å². The molecule has 23 heavy (non-hydrogen) atoms. The smallest absolute Gasteiger partial charge is 0.133 e. The Morgan fingerprint density at radius 3 is 2.35 bits per heavy atom. The van der Waals surface area contributed by atoms with Gasteiger partial charge in [0.05, 0.1) is 0 Å². The van der Waals surface area contributed by atoms with Crippen LogP contribution in [0.5, 0.6) is 11.5 Å². The van der Waals surface area contributed by atoms with E-state index >= 15 is 0 Å². The number of hydrogen-bond donors (Lipinski definition) is 1. The summed E-state index contributed by atoms with van der Waals surface area (Å²) in [6.07, 6.45) is -0.643. The number of aliphatic hydroxyl groups is 1. The monoisotopic (exact) mass is 312 g/mol. The molecule has 1 aliphatic rings. The summed E-state index contributed by atoms with van der Waals surface area (Å²) in [6.45, 7) is 10.4. The Morgan fingerprint density at radius 2 is 1.70 bits per heavy atom. The maximum atomic E-state index is 10.6. The molecule has 1 unspecified atom stereocenters. The van der Waals surface area contributed by atoms with E-state index in [1.807, 2.05) is 65.0 Å². The molecule has 0 amide bonds. The lowest BCUT2D eigenvalue weighted by Crippen LogP contribution is -2.30. The van der Waals surface area contributed by atoms with Crippen molar-refractivity contribution in [2.45, 2.75) is 52.9 Å². The van der Waals surface area contributed by atoms with Crippen molar-refractivity contribution in [1.82, 2.24) is 0 Å². The normalized spacial score (nSPS) is 18.4. The van der Waals surface area contributed by atoms with Crippen molar-refractivity contribution >= 4 is 0 Å². The van der Waals surface area contributed by atoms with Gasteiger partial charge >= 0.3 is 0 Å². The highest BCUT2D eigenvalue weighted by Gasteiger charge is 2.43. The SMILES string of the molecule is Cc1c(C)c2c(c(C)c1OCc1ccccc1)C(O)C(C)(C)O2. The van der Waals surface area contributed by atoms with Gasteiger partial charge in [-0.05, 0) is 51.3 Å². The fourth-order valence-corrected chi connectivity index (χ4v) is 3.19. The second-order valence-electron chi connectivity index (χ2n) is 6.83. The molecule has 2 aromatic rings. The highest BCUT2D eigenvalue weighted by atomic mass is 16.5. The molecule has 122 valence electrons. The second kappa shape index (κ2) is 5.57. The lowest BCUT2D eigenvalue weighted by atomic mass is 9.91. The molecular formula is C20H24O3. The zero-order valence-electron chi connectivity index (χ0n) is 14.4. The number of hydrogen-bond acceptors (Lipinski definition) is 3. The molecular weight excluding hydrogens is 288 g/mol. The molecule has 0 saturated heterocycles. The summed E-state index contributed by atoms with van der Waals surface area (Å²) in [5.74, 6) is 1.66. The molecule has 0 fully saturated rings. The Bertz CT molecular complexity index is 733. The van der Waals surface area contributed by atoms with Crippen LogP contribution in [0.25, 0.3) is 0 Å². The molecule has 0 bridgehead atoms. The summed E-state index contributed by atoms with van der Waals surface area (Å²) in [5, 5.41) is 10.6. The molecule has 1 aliphatic heterocycles. The van der Waals surface area contributed by atoms with Crippen LogP contribution in [-0.4, -0.2) is 10.7 Å². The molecule has 0 aliphatic carbocycles. The Morgan fingerprint density at radius 1 is 1.04 bits per heavy atom. The van der Waals surface area contributed by atoms with E-state index in [1.165, 1.54) is 0 Å². The quantitative estimate of drug-likeness (QED) is 0.913. The van der Waals surface area contributed by atoms with Crippen molar-refractivity contribution in [3.8, 4) is 11.5 Å². The minimum atomic E-state index is -0.643. The van der Waals surface area contributed by atoms with Gasteiger partial charge in [-0.3, -0.25) is 0 Å². The minimum Gasteiger partial charge on any atom is -0.488 e. The van der Waals surface area contributed by atoms with Crippen LogP contribution in [0.3, 0.4) is 0 Å². The molecule has 0 aromatic heterocycles. The number of benzene rings is 2. The first-order chi connectivity index (χ1) is 10.8. The van der Waals surface area contributed by atoms with E-state index in [-0.39, 0.29) is 0 Å². The largest absolute Gasteiger partial charge is 0.488 e. The maximum absolute atomic E-state index is 10.6. The number of rotatable bonds is 3. The zero-order valence-corrected chi connectivity index (χ0v) is 14.4. The Balaban J connectivity index is 2.00. The van der Waals surface area contributed by atoms with Crippen LogP contribution in [0.2, 0.25) is 0 Å². The van der Waals surface area contributed by atoms with Crippen molar-refractivity contribution in [1.29, 1.82) is 0 Å². The Kier molecular flexibility index (Phi) is 3.85. The third kappa shape index (κ3) is 2.59. The predicted octanol–water partition coefficient (Wildman–Crippen LogP) is 4.40. The van der Waals surface area contributed by atoms with E-state index in [9.17, 15) is 5.11 Å². The van der Waals surface area contributed by atoms with E-state index in [2.05, 4.69) is 0 Å². The molecule has 1 atom stereocenters. The van der Waals surface area contributed by atoms with Gasteiger partial charge in [-0.2, -0.15) is 0 Å². The first kappa shape index (κ1) is 15.9. The van der Waals surface area contributed by atoms with Crippen molar-refractivity contribution in [3.05, 3.63) is 58.1 Å². The van der Waals surface area contributed by atoms with Crippen LogP contribution in [0.15, 0.2) is 30.3 Å². The fraction of sp³-hybridized carbons (Fsp3) is 0.400. The van der Waals surface area contributed by atoms with E-state index < -0.39 is 11.7 Å². The van der Waals surface area contributed by atoms with Crippen molar-refractivity contribution in [2.24, 2.45) is 0 Å². The van der Waals surface area contributed by atoms with Gasteiger partial charge in [0, 0.05) is 11.1 Å². The summed E-state index contributed by atoms with van der Waals surface area (Å²) in [6, 6.07) is 10.1. The molecule has 0 spiro atoms. The first-order valence-electron chi connectivity index (χ1n) is 8.00. The number of fused-ring (bicyclic) bond motifs is 1. The van der Waals surface area contributed by atoms with Crippen LogP contribution in [-0.2, 0) is 6.61 Å². The van der Waals surface area contributed by atoms with Gasteiger partial charge in [0.1, 0.15) is 29.8 Å². The van der Waals surface area contributed by atoms with Crippen LogP contribution in [0, 0.1) is 20.8 Å². The van der Waals surface area contributed by atoms with Crippen LogP contribution >= 0.6 is 0 Å². The molecule has 1 N–H and O–H groups in total. The van der Waals surface area contributed by atoms with E-state index in [1.54, 1.807) is 0 Å². The Labute approximate surface area is 137 Å². The van der Waals surface area contributed by atoms with Crippen molar-refractivity contribution in [2.75, 3.05) is 0 Å². The summed E-state index contributed by atoms with van der Waals surface area (Å²) in [7, 11) is 0. The van der Waals surface area contributed by atoms with Gasteiger partial charge in [-0.25, -0.2) is 0 Å².